The molecule has 0 bridgehead atoms. The van der Waals surface area contributed by atoms with Crippen LogP contribution in [0.15, 0.2) is 127 Å². The molecule has 0 radical (unpaired) electrons. The maximum Gasteiger partial charge on any atom is 0.0979 e. The van der Waals surface area contributed by atoms with Crippen LogP contribution in [0.3, 0.4) is 0 Å². The van der Waals surface area contributed by atoms with E-state index in [4.69, 9.17) is 9.97 Å². The molecule has 0 saturated carbocycles. The van der Waals surface area contributed by atoms with Crippen molar-refractivity contribution in [3.05, 3.63) is 139 Å². The van der Waals surface area contributed by atoms with Gasteiger partial charge in [-0.1, -0.05) is 126 Å². The molecule has 0 fully saturated rings. The molecule has 1 aliphatic carbocycles. The standard InChI is InChI=1S/C38H27N2P/c1-24-9-16-29(17-10-24)41(30-18-11-25(2)12-19-30)31-20-13-26(14-21-31)28-15-22-34-35(23-28)40-38-33-8-4-6-27-5-3-7-32(36(27)33)37(38)39-34/h3-23H,1-2H3. The van der Waals surface area contributed by atoms with Crippen LogP contribution in [0.4, 0.5) is 0 Å². The molecule has 0 saturated heterocycles. The second-order valence-corrected chi connectivity index (χ2v) is 13.1. The van der Waals surface area contributed by atoms with Gasteiger partial charge in [-0.15, -0.1) is 0 Å². The Morgan fingerprint density at radius 2 is 0.951 bits per heavy atom. The van der Waals surface area contributed by atoms with Crippen LogP contribution in [0.1, 0.15) is 11.1 Å². The molecular weight excluding hydrogens is 515 g/mol. The van der Waals surface area contributed by atoms with Crippen molar-refractivity contribution >= 4 is 45.6 Å². The minimum atomic E-state index is -0.645. The third kappa shape index (κ3) is 4.06. The van der Waals surface area contributed by atoms with Crippen molar-refractivity contribution in [3.8, 4) is 33.6 Å². The number of rotatable bonds is 4. The molecule has 2 nitrogen and oxygen atoms in total. The highest BCUT2D eigenvalue weighted by molar-refractivity contribution is 7.79. The lowest BCUT2D eigenvalue weighted by atomic mass is 10.0. The van der Waals surface area contributed by atoms with E-state index in [2.05, 4.69) is 141 Å². The Balaban J connectivity index is 1.18. The number of fused-ring (bicyclic) bond motifs is 4. The summed E-state index contributed by atoms with van der Waals surface area (Å²) >= 11 is 0. The molecule has 0 spiro atoms. The molecular formula is C38H27N2P. The largest absolute Gasteiger partial charge is 0.244 e. The van der Waals surface area contributed by atoms with E-state index in [1.165, 1.54) is 54.5 Å². The summed E-state index contributed by atoms with van der Waals surface area (Å²) in [4.78, 5) is 10.2. The SMILES string of the molecule is Cc1ccc(P(c2ccc(C)cc2)c2ccc(-c3ccc4nc5c(nc4c3)-c3cccc4cccc-5c34)cc2)cc1. The molecule has 6 aromatic carbocycles. The number of nitrogens with zero attached hydrogens (tertiary/aromatic N) is 2. The van der Waals surface area contributed by atoms with Crippen LogP contribution in [0.2, 0.25) is 0 Å². The van der Waals surface area contributed by atoms with Crippen molar-refractivity contribution in [3.63, 3.8) is 0 Å². The minimum absolute atomic E-state index is 0.645. The first-order valence-electron chi connectivity index (χ1n) is 14.0. The monoisotopic (exact) mass is 542 g/mol. The average molecular weight is 543 g/mol. The molecule has 194 valence electrons. The fourth-order valence-corrected chi connectivity index (χ4v) is 8.22. The van der Waals surface area contributed by atoms with Gasteiger partial charge in [0.15, 0.2) is 0 Å². The Bertz CT molecular complexity index is 2040. The van der Waals surface area contributed by atoms with Gasteiger partial charge in [0.05, 0.1) is 22.4 Å². The molecule has 7 aromatic rings. The van der Waals surface area contributed by atoms with E-state index in [-0.39, 0.29) is 0 Å². The Labute approximate surface area is 241 Å². The number of aromatic nitrogens is 2. The van der Waals surface area contributed by atoms with Gasteiger partial charge in [0.2, 0.25) is 0 Å². The van der Waals surface area contributed by atoms with E-state index >= 15 is 0 Å². The second kappa shape index (κ2) is 9.47. The number of benzene rings is 6. The average Bonchev–Trinajstić information content (AvgIpc) is 3.32. The molecule has 0 N–H and O–H groups in total. The summed E-state index contributed by atoms with van der Waals surface area (Å²) in [5.74, 6) is 0. The van der Waals surface area contributed by atoms with Gasteiger partial charge < -0.3 is 0 Å². The lowest BCUT2D eigenvalue weighted by molar-refractivity contribution is 1.32. The first-order valence-corrected chi connectivity index (χ1v) is 15.3. The van der Waals surface area contributed by atoms with Crippen molar-refractivity contribution in [2.75, 3.05) is 0 Å². The molecule has 0 aliphatic heterocycles. The van der Waals surface area contributed by atoms with E-state index in [0.29, 0.717) is 0 Å². The van der Waals surface area contributed by atoms with Crippen LogP contribution in [-0.2, 0) is 0 Å². The van der Waals surface area contributed by atoms with Gasteiger partial charge >= 0.3 is 0 Å². The van der Waals surface area contributed by atoms with Crippen molar-refractivity contribution in [1.29, 1.82) is 0 Å². The highest BCUT2D eigenvalue weighted by Gasteiger charge is 2.24. The second-order valence-electron chi connectivity index (χ2n) is 10.9. The van der Waals surface area contributed by atoms with Gasteiger partial charge in [-0.05, 0) is 66.3 Å². The van der Waals surface area contributed by atoms with Crippen LogP contribution in [0, 0.1) is 13.8 Å². The summed E-state index contributed by atoms with van der Waals surface area (Å²) < 4.78 is 0. The molecule has 1 aromatic heterocycles. The fraction of sp³-hybridized carbons (Fsp3) is 0.0526. The van der Waals surface area contributed by atoms with E-state index in [1.54, 1.807) is 0 Å². The number of aryl methyl sites for hydroxylation is 2. The molecule has 1 heterocycles. The zero-order chi connectivity index (χ0) is 27.5. The normalized spacial score (nSPS) is 11.9. The summed E-state index contributed by atoms with van der Waals surface area (Å²) in [7, 11) is -0.645. The summed E-state index contributed by atoms with van der Waals surface area (Å²) in [6, 6.07) is 46.5. The number of hydrogen-bond acceptors (Lipinski definition) is 2. The molecule has 0 amide bonds. The first-order chi connectivity index (χ1) is 20.1. The molecule has 0 atom stereocenters. The van der Waals surface area contributed by atoms with Crippen molar-refractivity contribution < 1.29 is 0 Å². The van der Waals surface area contributed by atoms with Gasteiger partial charge in [-0.25, -0.2) is 9.97 Å². The first kappa shape index (κ1) is 24.2. The van der Waals surface area contributed by atoms with Gasteiger partial charge in [-0.3, -0.25) is 0 Å². The minimum Gasteiger partial charge on any atom is -0.244 e. The fourth-order valence-electron chi connectivity index (χ4n) is 5.98. The molecule has 8 rings (SSSR count). The highest BCUT2D eigenvalue weighted by atomic mass is 31.1. The van der Waals surface area contributed by atoms with Crippen molar-refractivity contribution in [2.24, 2.45) is 0 Å². The Hall–Kier alpha value is -4.65. The smallest absolute Gasteiger partial charge is 0.0979 e. The lowest BCUT2D eigenvalue weighted by Gasteiger charge is -2.20. The maximum atomic E-state index is 5.16. The van der Waals surface area contributed by atoms with Crippen LogP contribution in [-0.4, -0.2) is 9.97 Å². The predicted octanol–water partition coefficient (Wildman–Crippen LogP) is 8.47. The molecule has 0 unspecified atom stereocenters. The highest BCUT2D eigenvalue weighted by Crippen LogP contribution is 2.45. The molecule has 1 aliphatic rings. The van der Waals surface area contributed by atoms with E-state index in [9.17, 15) is 0 Å². The third-order valence-corrected chi connectivity index (χ3v) is 10.6. The predicted molar refractivity (Wildman–Crippen MR) is 175 cm³/mol. The maximum absolute atomic E-state index is 5.16. The van der Waals surface area contributed by atoms with Gasteiger partial charge in [0.1, 0.15) is 0 Å². The topological polar surface area (TPSA) is 25.8 Å². The third-order valence-electron chi connectivity index (χ3n) is 8.12. The van der Waals surface area contributed by atoms with Crippen molar-refractivity contribution in [2.45, 2.75) is 13.8 Å². The van der Waals surface area contributed by atoms with E-state index < -0.39 is 7.92 Å². The quantitative estimate of drug-likeness (QED) is 0.209. The van der Waals surface area contributed by atoms with Gasteiger partial charge in [-0.2, -0.15) is 0 Å². The molecule has 3 heteroatoms. The van der Waals surface area contributed by atoms with Crippen LogP contribution >= 0.6 is 7.92 Å². The van der Waals surface area contributed by atoms with E-state index in [1.807, 2.05) is 0 Å². The Morgan fingerprint density at radius 1 is 0.463 bits per heavy atom. The van der Waals surface area contributed by atoms with Crippen LogP contribution in [0.5, 0.6) is 0 Å². The Morgan fingerprint density at radius 3 is 1.51 bits per heavy atom. The lowest BCUT2D eigenvalue weighted by Crippen LogP contribution is -2.20. The summed E-state index contributed by atoms with van der Waals surface area (Å²) in [5.41, 5.74) is 11.1. The Kier molecular flexibility index (Phi) is 5.59. The zero-order valence-corrected chi connectivity index (χ0v) is 23.9. The number of hydrogen-bond donors (Lipinski definition) is 0. The van der Waals surface area contributed by atoms with Crippen LogP contribution < -0.4 is 15.9 Å². The van der Waals surface area contributed by atoms with Crippen LogP contribution in [0.25, 0.3) is 55.4 Å². The van der Waals surface area contributed by atoms with Gasteiger partial charge in [0.25, 0.3) is 0 Å². The van der Waals surface area contributed by atoms with E-state index in [0.717, 1.165) is 28.0 Å². The molecule has 41 heavy (non-hydrogen) atoms. The van der Waals surface area contributed by atoms with Crippen molar-refractivity contribution in [1.82, 2.24) is 9.97 Å². The summed E-state index contributed by atoms with van der Waals surface area (Å²) in [6.07, 6.45) is 0. The summed E-state index contributed by atoms with van der Waals surface area (Å²) in [5, 5.41) is 6.58. The zero-order valence-electron chi connectivity index (χ0n) is 23.0. The summed E-state index contributed by atoms with van der Waals surface area (Å²) in [6.45, 7) is 4.29. The van der Waals surface area contributed by atoms with Gasteiger partial charge in [0, 0.05) is 16.5 Å².